The fourth-order valence-electron chi connectivity index (χ4n) is 6.03. The van der Waals surface area contributed by atoms with Crippen LogP contribution in [0.15, 0.2) is 24.4 Å². The molecule has 2 aromatic rings. The number of hydrogen-bond donors (Lipinski definition) is 3. The lowest BCUT2D eigenvalue weighted by Crippen LogP contribution is -2.40. The molecule has 3 N–H and O–H groups in total. The van der Waals surface area contributed by atoms with Gasteiger partial charge in [0.25, 0.3) is 5.92 Å². The number of aliphatic hydroxyl groups excluding tert-OH is 1. The third-order valence-corrected chi connectivity index (χ3v) is 8.46. The Morgan fingerprint density at radius 3 is 2.80 bits per heavy atom. The smallest absolute Gasteiger partial charge is 0.252 e. The van der Waals surface area contributed by atoms with Crippen LogP contribution in [-0.4, -0.2) is 76.2 Å². The van der Waals surface area contributed by atoms with E-state index in [-0.39, 0.29) is 49.6 Å². The van der Waals surface area contributed by atoms with Crippen molar-refractivity contribution < 1.29 is 32.9 Å². The molecule has 0 bridgehead atoms. The first-order valence-electron chi connectivity index (χ1n) is 14.3. The number of rotatable bonds is 12. The van der Waals surface area contributed by atoms with Crippen molar-refractivity contribution >= 4 is 5.82 Å². The number of ether oxygens (including phenoxy) is 2. The number of nitrogens with zero attached hydrogens (tertiary/aromatic N) is 3. The highest BCUT2D eigenvalue weighted by molar-refractivity contribution is 5.47. The van der Waals surface area contributed by atoms with Gasteiger partial charge in [-0.3, -0.25) is 4.90 Å². The summed E-state index contributed by atoms with van der Waals surface area (Å²) in [5, 5.41) is 23.8. The van der Waals surface area contributed by atoms with Crippen LogP contribution in [0.1, 0.15) is 67.8 Å². The standard InChI is InChI=1S/C29H39F3N4O4/c1-39-22-14-23(15-22)40-27-24(13-20(30)16-34-27)25(28(37)38)36-12-9-19(17-36)29(31,32)10-3-2-6-21-8-7-18-5-4-11-33-26(18)35-21/h7-8,13,16,19,22-23,25,28,37-38H,2-6,9-12,14-15,17H2,1H3,(H,33,35)/t19-,22?,23?,25?/m1/s1. The Hall–Kier alpha value is -2.47. The molecule has 2 fully saturated rings. The molecule has 40 heavy (non-hydrogen) atoms. The van der Waals surface area contributed by atoms with Crippen molar-refractivity contribution in [2.24, 2.45) is 5.92 Å². The van der Waals surface area contributed by atoms with Crippen LogP contribution in [0.5, 0.6) is 5.88 Å². The lowest BCUT2D eigenvalue weighted by molar-refractivity contribution is -0.107. The first-order valence-corrected chi connectivity index (χ1v) is 14.3. The van der Waals surface area contributed by atoms with Crippen molar-refractivity contribution in [1.29, 1.82) is 0 Å². The molecule has 2 aromatic heterocycles. The van der Waals surface area contributed by atoms with E-state index in [1.165, 1.54) is 5.56 Å². The van der Waals surface area contributed by atoms with E-state index in [9.17, 15) is 14.6 Å². The molecule has 0 radical (unpaired) electrons. The van der Waals surface area contributed by atoms with Crippen LogP contribution in [0.4, 0.5) is 19.0 Å². The van der Waals surface area contributed by atoms with Gasteiger partial charge in [-0.05, 0) is 62.8 Å². The molecule has 8 nitrogen and oxygen atoms in total. The molecule has 2 atom stereocenters. The van der Waals surface area contributed by atoms with Gasteiger partial charge in [-0.15, -0.1) is 0 Å². The van der Waals surface area contributed by atoms with E-state index in [1.54, 1.807) is 12.0 Å². The first-order chi connectivity index (χ1) is 19.2. The van der Waals surface area contributed by atoms with Crippen LogP contribution in [-0.2, 0) is 17.6 Å². The Labute approximate surface area is 232 Å². The zero-order chi connectivity index (χ0) is 28.3. The number of methoxy groups -OCH3 is 1. The summed E-state index contributed by atoms with van der Waals surface area (Å²) >= 11 is 0. The summed E-state index contributed by atoms with van der Waals surface area (Å²) in [5.41, 5.74) is 2.26. The monoisotopic (exact) mass is 564 g/mol. The molecule has 11 heteroatoms. The lowest BCUT2D eigenvalue weighted by atomic mass is 9.92. The number of aliphatic hydroxyl groups is 2. The van der Waals surface area contributed by atoms with Gasteiger partial charge in [-0.2, -0.15) is 0 Å². The summed E-state index contributed by atoms with van der Waals surface area (Å²) in [5.74, 6) is -3.53. The SMILES string of the molecule is COC1CC(Oc2ncc(F)cc2C(C(O)O)N2CC[C@@H](C(F)(F)CCCCc3ccc4c(n3)NCCC4)C2)C1. The molecule has 5 rings (SSSR count). The van der Waals surface area contributed by atoms with E-state index in [0.29, 0.717) is 32.1 Å². The van der Waals surface area contributed by atoms with Crippen LogP contribution >= 0.6 is 0 Å². The maximum absolute atomic E-state index is 15.3. The Morgan fingerprint density at radius 2 is 2.02 bits per heavy atom. The molecule has 2 aliphatic heterocycles. The summed E-state index contributed by atoms with van der Waals surface area (Å²) in [6.45, 7) is 1.08. The largest absolute Gasteiger partial charge is 0.474 e. The van der Waals surface area contributed by atoms with E-state index < -0.39 is 30.0 Å². The Bertz CT molecular complexity index is 1150. The van der Waals surface area contributed by atoms with Crippen molar-refractivity contribution in [1.82, 2.24) is 14.9 Å². The van der Waals surface area contributed by atoms with Gasteiger partial charge < -0.3 is 25.0 Å². The van der Waals surface area contributed by atoms with Crippen LogP contribution in [0.25, 0.3) is 0 Å². The first kappa shape index (κ1) is 29.0. The number of likely N-dealkylation sites (tertiary alicyclic amines) is 1. The van der Waals surface area contributed by atoms with Crippen LogP contribution in [0.3, 0.4) is 0 Å². The van der Waals surface area contributed by atoms with Crippen LogP contribution in [0.2, 0.25) is 0 Å². The number of pyridine rings is 2. The average Bonchev–Trinajstić information content (AvgIpc) is 3.40. The zero-order valence-corrected chi connectivity index (χ0v) is 22.9. The molecule has 3 aliphatic rings. The van der Waals surface area contributed by atoms with Crippen molar-refractivity contribution in [3.63, 3.8) is 0 Å². The van der Waals surface area contributed by atoms with Gasteiger partial charge in [0.15, 0.2) is 6.29 Å². The highest BCUT2D eigenvalue weighted by Gasteiger charge is 2.46. The number of alkyl halides is 2. The topological polar surface area (TPSA) is 100.0 Å². The highest BCUT2D eigenvalue weighted by atomic mass is 19.3. The van der Waals surface area contributed by atoms with E-state index in [4.69, 9.17) is 9.47 Å². The predicted molar refractivity (Wildman–Crippen MR) is 143 cm³/mol. The van der Waals surface area contributed by atoms with Gasteiger partial charge in [0.05, 0.1) is 18.3 Å². The maximum Gasteiger partial charge on any atom is 0.252 e. The number of fused-ring (bicyclic) bond motifs is 1. The number of unbranched alkanes of at least 4 members (excludes halogenated alkanes) is 1. The van der Waals surface area contributed by atoms with Crippen molar-refractivity contribution in [3.8, 4) is 5.88 Å². The quantitative estimate of drug-likeness (QED) is 0.260. The number of nitrogens with one attached hydrogen (secondary N) is 1. The summed E-state index contributed by atoms with van der Waals surface area (Å²) in [4.78, 5) is 10.3. The number of aromatic nitrogens is 2. The molecule has 220 valence electrons. The summed E-state index contributed by atoms with van der Waals surface area (Å²) < 4.78 is 55.9. The van der Waals surface area contributed by atoms with E-state index >= 15 is 8.78 Å². The summed E-state index contributed by atoms with van der Waals surface area (Å²) in [6, 6.07) is 4.07. The van der Waals surface area contributed by atoms with E-state index in [2.05, 4.69) is 21.4 Å². The van der Waals surface area contributed by atoms with Crippen molar-refractivity contribution in [3.05, 3.63) is 47.0 Å². The second-order valence-corrected chi connectivity index (χ2v) is 11.3. The molecule has 4 heterocycles. The van der Waals surface area contributed by atoms with Crippen molar-refractivity contribution in [2.75, 3.05) is 32.1 Å². The molecular formula is C29H39F3N4O4. The highest BCUT2D eigenvalue weighted by Crippen LogP contribution is 2.42. The normalized spacial score (nSPS) is 23.9. The molecule has 1 aliphatic carbocycles. The lowest BCUT2D eigenvalue weighted by Gasteiger charge is -2.36. The summed E-state index contributed by atoms with van der Waals surface area (Å²) in [7, 11) is 1.62. The van der Waals surface area contributed by atoms with Crippen molar-refractivity contribution in [2.45, 2.75) is 88.2 Å². The predicted octanol–water partition coefficient (Wildman–Crippen LogP) is 4.25. The number of halogens is 3. The Balaban J connectivity index is 1.17. The van der Waals surface area contributed by atoms with Gasteiger partial charge >= 0.3 is 0 Å². The Morgan fingerprint density at radius 1 is 1.20 bits per heavy atom. The molecule has 1 saturated carbocycles. The second kappa shape index (κ2) is 12.6. The molecular weight excluding hydrogens is 525 g/mol. The fraction of sp³-hybridized carbons (Fsp3) is 0.655. The van der Waals surface area contributed by atoms with Gasteiger partial charge in [0, 0.05) is 56.6 Å². The van der Waals surface area contributed by atoms with E-state index in [0.717, 1.165) is 43.2 Å². The maximum atomic E-state index is 15.3. The third kappa shape index (κ3) is 6.70. The average molecular weight is 565 g/mol. The number of hydrogen-bond acceptors (Lipinski definition) is 8. The van der Waals surface area contributed by atoms with Crippen LogP contribution in [0, 0.1) is 11.7 Å². The molecule has 1 unspecified atom stereocenters. The van der Waals surface area contributed by atoms with Gasteiger partial charge in [-0.25, -0.2) is 23.1 Å². The summed E-state index contributed by atoms with van der Waals surface area (Å²) in [6.07, 6.45) is 3.88. The fourth-order valence-corrected chi connectivity index (χ4v) is 6.03. The van der Waals surface area contributed by atoms with Gasteiger partial charge in [0.1, 0.15) is 17.7 Å². The second-order valence-electron chi connectivity index (χ2n) is 11.3. The molecule has 0 amide bonds. The Kier molecular flexibility index (Phi) is 9.14. The molecule has 0 spiro atoms. The molecule has 1 saturated heterocycles. The molecule has 0 aromatic carbocycles. The number of anilines is 1. The van der Waals surface area contributed by atoms with Gasteiger partial charge in [0.2, 0.25) is 5.88 Å². The minimum atomic E-state index is -2.91. The third-order valence-electron chi connectivity index (χ3n) is 8.46. The minimum absolute atomic E-state index is 0.0432. The zero-order valence-electron chi connectivity index (χ0n) is 22.9. The minimum Gasteiger partial charge on any atom is -0.474 e. The number of aryl methyl sites for hydroxylation is 2. The van der Waals surface area contributed by atoms with Gasteiger partial charge in [-0.1, -0.05) is 6.07 Å². The van der Waals surface area contributed by atoms with Crippen LogP contribution < -0.4 is 10.1 Å². The van der Waals surface area contributed by atoms with E-state index in [1.807, 2.05) is 6.07 Å².